The summed E-state index contributed by atoms with van der Waals surface area (Å²) < 4.78 is 5.23. The molecular weight excluding hydrogens is 240 g/mol. The van der Waals surface area contributed by atoms with Crippen molar-refractivity contribution >= 4 is 11.9 Å². The standard InChI is InChI=1S/C9H14N2O.C2H2O4/c1-2-7-6-9(12-11-7)8-4-3-5-10-8;3-1(4)2(5)6/h6,8,10H,2-5H2,1H3;(H,3,4)(H,5,6)/t8-;/m1./s1. The van der Waals surface area contributed by atoms with Crippen LogP contribution in [0, 0.1) is 0 Å². The van der Waals surface area contributed by atoms with Gasteiger partial charge in [-0.3, -0.25) is 0 Å². The third-order valence-electron chi connectivity index (χ3n) is 2.53. The summed E-state index contributed by atoms with van der Waals surface area (Å²) in [5, 5.41) is 22.1. The molecular formula is C11H16N2O5. The summed E-state index contributed by atoms with van der Waals surface area (Å²) in [5.74, 6) is -2.64. The van der Waals surface area contributed by atoms with Crippen LogP contribution in [0.2, 0.25) is 0 Å². The molecule has 2 rings (SSSR count). The zero-order valence-electron chi connectivity index (χ0n) is 10.0. The molecule has 1 aliphatic rings. The fraction of sp³-hybridized carbons (Fsp3) is 0.545. The van der Waals surface area contributed by atoms with Crippen molar-refractivity contribution in [1.82, 2.24) is 10.5 Å². The minimum absolute atomic E-state index is 0.415. The van der Waals surface area contributed by atoms with Gasteiger partial charge in [0, 0.05) is 6.07 Å². The molecule has 1 aromatic rings. The minimum atomic E-state index is -1.82. The van der Waals surface area contributed by atoms with Gasteiger partial charge in [-0.25, -0.2) is 9.59 Å². The summed E-state index contributed by atoms with van der Waals surface area (Å²) in [6.07, 6.45) is 3.38. The molecule has 0 radical (unpaired) electrons. The average Bonchev–Trinajstić information content (AvgIpc) is 3.00. The van der Waals surface area contributed by atoms with Crippen LogP contribution >= 0.6 is 0 Å². The number of nitrogens with zero attached hydrogens (tertiary/aromatic N) is 1. The van der Waals surface area contributed by atoms with E-state index in [9.17, 15) is 0 Å². The monoisotopic (exact) mass is 256 g/mol. The smallest absolute Gasteiger partial charge is 0.414 e. The van der Waals surface area contributed by atoms with E-state index in [1.807, 2.05) is 0 Å². The molecule has 0 aliphatic carbocycles. The van der Waals surface area contributed by atoms with Gasteiger partial charge < -0.3 is 20.1 Å². The number of nitrogens with one attached hydrogen (secondary N) is 1. The Hall–Kier alpha value is -1.89. The molecule has 1 fully saturated rings. The van der Waals surface area contributed by atoms with Crippen LogP contribution in [0.1, 0.15) is 37.3 Å². The molecule has 2 heterocycles. The number of aryl methyl sites for hydroxylation is 1. The summed E-state index contributed by atoms with van der Waals surface area (Å²) in [5.41, 5.74) is 1.05. The molecule has 0 unspecified atom stereocenters. The second-order valence-electron chi connectivity index (χ2n) is 3.83. The lowest BCUT2D eigenvalue weighted by Gasteiger charge is -2.02. The number of aromatic nitrogens is 1. The largest absolute Gasteiger partial charge is 0.473 e. The number of carbonyl (C=O) groups is 2. The Morgan fingerprint density at radius 1 is 1.50 bits per heavy atom. The number of carboxylic acids is 2. The first-order chi connectivity index (χ1) is 8.54. The SMILES string of the molecule is CCc1cc([C@H]2CCCN2)on1.O=C(O)C(=O)O. The number of carboxylic acid groups (broad SMARTS) is 2. The van der Waals surface area contributed by atoms with E-state index in [0.29, 0.717) is 6.04 Å². The van der Waals surface area contributed by atoms with Crippen molar-refractivity contribution in [3.63, 3.8) is 0 Å². The first-order valence-corrected chi connectivity index (χ1v) is 5.69. The molecule has 0 amide bonds. The predicted octanol–water partition coefficient (Wildman–Crippen LogP) is 0.817. The van der Waals surface area contributed by atoms with Gasteiger partial charge in [0.25, 0.3) is 0 Å². The van der Waals surface area contributed by atoms with Crippen LogP contribution in [0.25, 0.3) is 0 Å². The van der Waals surface area contributed by atoms with E-state index in [-0.39, 0.29) is 0 Å². The summed E-state index contributed by atoms with van der Waals surface area (Å²) in [6.45, 7) is 3.19. The topological polar surface area (TPSA) is 113 Å². The van der Waals surface area contributed by atoms with Crippen LogP contribution in [0.15, 0.2) is 10.6 Å². The van der Waals surface area contributed by atoms with E-state index in [4.69, 9.17) is 24.3 Å². The molecule has 0 spiro atoms. The lowest BCUT2D eigenvalue weighted by Crippen LogP contribution is -2.11. The Morgan fingerprint density at radius 2 is 2.17 bits per heavy atom. The normalized spacial score (nSPS) is 17.9. The van der Waals surface area contributed by atoms with Gasteiger partial charge in [-0.1, -0.05) is 12.1 Å². The second kappa shape index (κ2) is 6.75. The summed E-state index contributed by atoms with van der Waals surface area (Å²) >= 11 is 0. The van der Waals surface area contributed by atoms with Gasteiger partial charge in [0.2, 0.25) is 0 Å². The molecule has 1 atom stereocenters. The Balaban J connectivity index is 0.000000232. The van der Waals surface area contributed by atoms with Crippen molar-refractivity contribution in [1.29, 1.82) is 0 Å². The van der Waals surface area contributed by atoms with Crippen molar-refractivity contribution < 1.29 is 24.3 Å². The van der Waals surface area contributed by atoms with Crippen LogP contribution in [0.3, 0.4) is 0 Å². The van der Waals surface area contributed by atoms with Crippen molar-refractivity contribution in [2.75, 3.05) is 6.54 Å². The third-order valence-corrected chi connectivity index (χ3v) is 2.53. The average molecular weight is 256 g/mol. The van der Waals surface area contributed by atoms with Gasteiger partial charge in [0.15, 0.2) is 5.76 Å². The summed E-state index contributed by atoms with van der Waals surface area (Å²) in [6, 6.07) is 2.47. The second-order valence-corrected chi connectivity index (χ2v) is 3.83. The molecule has 1 saturated heterocycles. The Morgan fingerprint density at radius 3 is 2.56 bits per heavy atom. The molecule has 3 N–H and O–H groups in total. The highest BCUT2D eigenvalue weighted by Crippen LogP contribution is 2.23. The molecule has 18 heavy (non-hydrogen) atoms. The highest BCUT2D eigenvalue weighted by Gasteiger charge is 2.19. The Bertz CT molecular complexity index is 397. The van der Waals surface area contributed by atoms with Gasteiger partial charge in [-0.05, 0) is 25.8 Å². The quantitative estimate of drug-likeness (QED) is 0.671. The van der Waals surface area contributed by atoms with Crippen LogP contribution in [-0.4, -0.2) is 33.9 Å². The summed E-state index contributed by atoms with van der Waals surface area (Å²) in [4.78, 5) is 18.2. The molecule has 0 bridgehead atoms. The molecule has 1 aromatic heterocycles. The van der Waals surface area contributed by atoms with Crippen molar-refractivity contribution in [2.24, 2.45) is 0 Å². The lowest BCUT2D eigenvalue weighted by molar-refractivity contribution is -0.159. The maximum atomic E-state index is 9.10. The summed E-state index contributed by atoms with van der Waals surface area (Å²) in [7, 11) is 0. The van der Waals surface area contributed by atoms with Crippen LogP contribution < -0.4 is 5.32 Å². The highest BCUT2D eigenvalue weighted by molar-refractivity contribution is 6.27. The molecule has 100 valence electrons. The number of hydrogen-bond donors (Lipinski definition) is 3. The number of hydrogen-bond acceptors (Lipinski definition) is 5. The lowest BCUT2D eigenvalue weighted by atomic mass is 10.1. The third kappa shape index (κ3) is 4.17. The van der Waals surface area contributed by atoms with E-state index in [0.717, 1.165) is 24.4 Å². The fourth-order valence-corrected chi connectivity index (χ4v) is 1.59. The van der Waals surface area contributed by atoms with E-state index < -0.39 is 11.9 Å². The van der Waals surface area contributed by atoms with E-state index >= 15 is 0 Å². The van der Waals surface area contributed by atoms with Crippen LogP contribution in [0.4, 0.5) is 0 Å². The van der Waals surface area contributed by atoms with E-state index in [2.05, 4.69) is 23.5 Å². The van der Waals surface area contributed by atoms with E-state index in [1.165, 1.54) is 12.8 Å². The molecule has 0 aromatic carbocycles. The first-order valence-electron chi connectivity index (χ1n) is 5.69. The van der Waals surface area contributed by atoms with Crippen molar-refractivity contribution in [3.05, 3.63) is 17.5 Å². The minimum Gasteiger partial charge on any atom is -0.473 e. The van der Waals surface area contributed by atoms with Gasteiger partial charge in [-0.15, -0.1) is 0 Å². The maximum absolute atomic E-state index is 9.10. The number of rotatable bonds is 2. The van der Waals surface area contributed by atoms with E-state index in [1.54, 1.807) is 0 Å². The van der Waals surface area contributed by atoms with Crippen LogP contribution in [-0.2, 0) is 16.0 Å². The highest BCUT2D eigenvalue weighted by atomic mass is 16.5. The Labute approximate surface area is 104 Å². The van der Waals surface area contributed by atoms with Gasteiger partial charge >= 0.3 is 11.9 Å². The molecule has 7 nitrogen and oxygen atoms in total. The predicted molar refractivity (Wildman–Crippen MR) is 61.1 cm³/mol. The van der Waals surface area contributed by atoms with Crippen molar-refractivity contribution in [3.8, 4) is 0 Å². The van der Waals surface area contributed by atoms with Gasteiger partial charge in [0.05, 0.1) is 11.7 Å². The first kappa shape index (κ1) is 14.2. The number of aliphatic carboxylic acids is 2. The molecule has 7 heteroatoms. The maximum Gasteiger partial charge on any atom is 0.414 e. The zero-order chi connectivity index (χ0) is 13.5. The van der Waals surface area contributed by atoms with Crippen LogP contribution in [0.5, 0.6) is 0 Å². The van der Waals surface area contributed by atoms with Crippen molar-refractivity contribution in [2.45, 2.75) is 32.2 Å². The fourth-order valence-electron chi connectivity index (χ4n) is 1.59. The Kier molecular flexibility index (Phi) is 5.31. The molecule has 1 aliphatic heterocycles. The van der Waals surface area contributed by atoms with Gasteiger partial charge in [-0.2, -0.15) is 0 Å². The van der Waals surface area contributed by atoms with Gasteiger partial charge in [0.1, 0.15) is 0 Å². The molecule has 0 saturated carbocycles. The zero-order valence-corrected chi connectivity index (χ0v) is 10.0.